The first-order valence-corrected chi connectivity index (χ1v) is 8.03. The van der Waals surface area contributed by atoms with Crippen LogP contribution in [-0.4, -0.2) is 22.4 Å². The number of hydrogen-bond donors (Lipinski definition) is 0. The largest absolute Gasteiger partial charge is 0.339 e. The van der Waals surface area contributed by atoms with E-state index >= 15 is 0 Å². The van der Waals surface area contributed by atoms with E-state index < -0.39 is 0 Å². The second-order valence-electron chi connectivity index (χ2n) is 5.77. The molecule has 110 valence electrons. The Labute approximate surface area is 133 Å². The standard InChI is InChI=1S/C17H19BrN2O/c1-12-5-3-4-6-13(12)10-19(2)17(21)16-9-14(18)11-20(16)15-7-8-15/h3-6,9,11,15H,7-8,10H2,1-2H3. The van der Waals surface area contributed by atoms with Gasteiger partial charge < -0.3 is 9.47 Å². The molecule has 0 atom stereocenters. The number of rotatable bonds is 4. The Balaban J connectivity index is 1.80. The zero-order chi connectivity index (χ0) is 15.0. The van der Waals surface area contributed by atoms with E-state index in [1.807, 2.05) is 31.4 Å². The predicted octanol–water partition coefficient (Wildman–Crippen LogP) is 4.17. The normalized spacial score (nSPS) is 14.2. The van der Waals surface area contributed by atoms with E-state index in [4.69, 9.17) is 0 Å². The maximum atomic E-state index is 12.7. The molecule has 1 aliphatic rings. The molecule has 3 rings (SSSR count). The lowest BCUT2D eigenvalue weighted by molar-refractivity contribution is 0.0774. The van der Waals surface area contributed by atoms with Crippen LogP contribution < -0.4 is 0 Å². The second kappa shape index (κ2) is 5.68. The van der Waals surface area contributed by atoms with Gasteiger partial charge in [-0.25, -0.2) is 0 Å². The lowest BCUT2D eigenvalue weighted by Gasteiger charge is -2.19. The number of carbonyl (C=O) groups is 1. The second-order valence-corrected chi connectivity index (χ2v) is 6.69. The van der Waals surface area contributed by atoms with Crippen molar-refractivity contribution in [3.8, 4) is 0 Å². The van der Waals surface area contributed by atoms with E-state index in [9.17, 15) is 4.79 Å². The van der Waals surface area contributed by atoms with Gasteiger partial charge in [-0.15, -0.1) is 0 Å². The molecule has 1 heterocycles. The minimum atomic E-state index is 0.0795. The monoisotopic (exact) mass is 346 g/mol. The van der Waals surface area contributed by atoms with Crippen molar-refractivity contribution in [1.82, 2.24) is 9.47 Å². The van der Waals surface area contributed by atoms with Gasteiger partial charge in [0.05, 0.1) is 0 Å². The van der Waals surface area contributed by atoms with Crippen LogP contribution in [0.4, 0.5) is 0 Å². The molecule has 3 nitrogen and oxygen atoms in total. The van der Waals surface area contributed by atoms with Crippen LogP contribution in [-0.2, 0) is 6.54 Å². The van der Waals surface area contributed by atoms with Gasteiger partial charge in [0, 0.05) is 30.3 Å². The van der Waals surface area contributed by atoms with Gasteiger partial charge in [-0.1, -0.05) is 24.3 Å². The van der Waals surface area contributed by atoms with E-state index in [1.54, 1.807) is 4.90 Å². The third-order valence-electron chi connectivity index (χ3n) is 3.99. The van der Waals surface area contributed by atoms with Crippen LogP contribution in [0.5, 0.6) is 0 Å². The lowest BCUT2D eigenvalue weighted by Crippen LogP contribution is -2.28. The van der Waals surface area contributed by atoms with Gasteiger partial charge >= 0.3 is 0 Å². The fourth-order valence-electron chi connectivity index (χ4n) is 2.58. The summed E-state index contributed by atoms with van der Waals surface area (Å²) in [7, 11) is 1.87. The maximum Gasteiger partial charge on any atom is 0.270 e. The molecule has 1 aromatic heterocycles. The summed E-state index contributed by atoms with van der Waals surface area (Å²) in [6, 6.07) is 10.6. The smallest absolute Gasteiger partial charge is 0.270 e. The summed E-state index contributed by atoms with van der Waals surface area (Å²) in [5.41, 5.74) is 3.19. The molecule has 0 spiro atoms. The van der Waals surface area contributed by atoms with Crippen LogP contribution in [0.1, 0.15) is 40.5 Å². The maximum absolute atomic E-state index is 12.7. The number of benzene rings is 1. The van der Waals surface area contributed by atoms with Gasteiger partial charge in [0.2, 0.25) is 0 Å². The summed E-state index contributed by atoms with van der Waals surface area (Å²) in [6.45, 7) is 2.72. The molecule has 4 heteroatoms. The van der Waals surface area contributed by atoms with Gasteiger partial charge in [-0.3, -0.25) is 4.79 Å². The summed E-state index contributed by atoms with van der Waals surface area (Å²) in [4.78, 5) is 14.5. The number of hydrogen-bond acceptors (Lipinski definition) is 1. The molecule has 0 bridgehead atoms. The van der Waals surface area contributed by atoms with E-state index in [0.717, 1.165) is 10.2 Å². The molecular weight excluding hydrogens is 328 g/mol. The van der Waals surface area contributed by atoms with Crippen molar-refractivity contribution in [2.75, 3.05) is 7.05 Å². The average Bonchev–Trinajstić information content (AvgIpc) is 3.23. The third-order valence-corrected chi connectivity index (χ3v) is 4.42. The lowest BCUT2D eigenvalue weighted by atomic mass is 10.1. The molecule has 1 aromatic carbocycles. The van der Waals surface area contributed by atoms with E-state index in [-0.39, 0.29) is 5.91 Å². The Hall–Kier alpha value is -1.55. The highest BCUT2D eigenvalue weighted by molar-refractivity contribution is 9.10. The van der Waals surface area contributed by atoms with Crippen molar-refractivity contribution in [3.05, 3.63) is 57.8 Å². The first-order valence-electron chi connectivity index (χ1n) is 7.23. The molecule has 1 saturated carbocycles. The number of aryl methyl sites for hydroxylation is 1. The fraction of sp³-hybridized carbons (Fsp3) is 0.353. The van der Waals surface area contributed by atoms with Crippen molar-refractivity contribution in [2.45, 2.75) is 32.4 Å². The van der Waals surface area contributed by atoms with Crippen LogP contribution in [0, 0.1) is 6.92 Å². The van der Waals surface area contributed by atoms with Crippen LogP contribution >= 0.6 is 15.9 Å². The summed E-state index contributed by atoms with van der Waals surface area (Å²) in [5.74, 6) is 0.0795. The Morgan fingerprint density at radius 2 is 2.10 bits per heavy atom. The van der Waals surface area contributed by atoms with Crippen molar-refractivity contribution < 1.29 is 4.79 Å². The van der Waals surface area contributed by atoms with Crippen molar-refractivity contribution in [1.29, 1.82) is 0 Å². The fourth-order valence-corrected chi connectivity index (χ4v) is 3.02. The molecule has 0 N–H and O–H groups in total. The SMILES string of the molecule is Cc1ccccc1CN(C)C(=O)c1cc(Br)cn1C1CC1. The molecule has 0 radical (unpaired) electrons. The van der Waals surface area contributed by atoms with Crippen LogP contribution in [0.15, 0.2) is 41.0 Å². The molecule has 0 saturated heterocycles. The van der Waals surface area contributed by atoms with Crippen LogP contribution in [0.2, 0.25) is 0 Å². The van der Waals surface area contributed by atoms with E-state index in [1.165, 1.54) is 24.0 Å². The number of aromatic nitrogens is 1. The van der Waals surface area contributed by atoms with Gasteiger partial charge in [0.1, 0.15) is 5.69 Å². The third kappa shape index (κ3) is 3.05. The molecule has 2 aromatic rings. The Morgan fingerprint density at radius 3 is 2.76 bits per heavy atom. The highest BCUT2D eigenvalue weighted by atomic mass is 79.9. The topological polar surface area (TPSA) is 25.2 Å². The Bertz CT molecular complexity index is 673. The minimum absolute atomic E-state index is 0.0795. The van der Waals surface area contributed by atoms with E-state index in [0.29, 0.717) is 12.6 Å². The summed E-state index contributed by atoms with van der Waals surface area (Å²) < 4.78 is 3.09. The van der Waals surface area contributed by atoms with E-state index in [2.05, 4.69) is 39.6 Å². The highest BCUT2D eigenvalue weighted by Gasteiger charge is 2.28. The van der Waals surface area contributed by atoms with Crippen molar-refractivity contribution in [2.24, 2.45) is 0 Å². The first-order chi connectivity index (χ1) is 10.1. The molecule has 1 fully saturated rings. The molecule has 21 heavy (non-hydrogen) atoms. The highest BCUT2D eigenvalue weighted by Crippen LogP contribution is 2.37. The number of halogens is 1. The van der Waals surface area contributed by atoms with Crippen LogP contribution in [0.3, 0.4) is 0 Å². The number of amides is 1. The van der Waals surface area contributed by atoms with Crippen molar-refractivity contribution in [3.63, 3.8) is 0 Å². The van der Waals surface area contributed by atoms with Gasteiger partial charge in [-0.2, -0.15) is 0 Å². The molecule has 0 aliphatic heterocycles. The first kappa shape index (κ1) is 14.4. The van der Waals surface area contributed by atoms with Crippen LogP contribution in [0.25, 0.3) is 0 Å². The molecule has 1 amide bonds. The molecule has 1 aliphatic carbocycles. The summed E-state index contributed by atoms with van der Waals surface area (Å²) in [6.07, 6.45) is 4.36. The Kier molecular flexibility index (Phi) is 3.89. The summed E-state index contributed by atoms with van der Waals surface area (Å²) >= 11 is 3.48. The predicted molar refractivity (Wildman–Crippen MR) is 87.4 cm³/mol. The zero-order valence-corrected chi connectivity index (χ0v) is 13.9. The molecular formula is C17H19BrN2O. The average molecular weight is 347 g/mol. The number of carbonyl (C=O) groups excluding carboxylic acids is 1. The minimum Gasteiger partial charge on any atom is -0.339 e. The summed E-state index contributed by atoms with van der Waals surface area (Å²) in [5, 5.41) is 0. The van der Waals surface area contributed by atoms with Crippen molar-refractivity contribution >= 4 is 21.8 Å². The zero-order valence-electron chi connectivity index (χ0n) is 12.3. The van der Waals surface area contributed by atoms with Gasteiger partial charge in [0.15, 0.2) is 0 Å². The number of nitrogens with zero attached hydrogens (tertiary/aromatic N) is 2. The quantitative estimate of drug-likeness (QED) is 0.815. The van der Waals surface area contributed by atoms with Gasteiger partial charge in [-0.05, 0) is 52.9 Å². The van der Waals surface area contributed by atoms with Gasteiger partial charge in [0.25, 0.3) is 5.91 Å². The molecule has 0 unspecified atom stereocenters. The Morgan fingerprint density at radius 1 is 1.38 bits per heavy atom.